The first kappa shape index (κ1) is 19.1. The number of Topliss-reactive ketones (excluding diaryl/α,β-unsaturated/α-hetero) is 3. The second-order valence-corrected chi connectivity index (χ2v) is 6.86. The van der Waals surface area contributed by atoms with Crippen LogP contribution in [0.25, 0.3) is 0 Å². The maximum absolute atomic E-state index is 12.5. The largest absolute Gasteiger partial charge is 0.504 e. The molecule has 136 valence electrons. The van der Waals surface area contributed by atoms with E-state index < -0.39 is 23.4 Å². The maximum Gasteiger partial charge on any atom is 0.161 e. The first-order chi connectivity index (χ1) is 11.6. The second-order valence-electron chi connectivity index (χ2n) is 6.86. The van der Waals surface area contributed by atoms with Gasteiger partial charge in [0.15, 0.2) is 11.5 Å². The van der Waals surface area contributed by atoms with Crippen LogP contribution in [0.4, 0.5) is 0 Å². The summed E-state index contributed by atoms with van der Waals surface area (Å²) in [6.45, 7) is 6.20. The van der Waals surface area contributed by atoms with Crippen molar-refractivity contribution in [3.8, 4) is 11.5 Å². The van der Waals surface area contributed by atoms with Crippen molar-refractivity contribution in [1.82, 2.24) is 0 Å². The molecule has 0 heterocycles. The fourth-order valence-corrected chi connectivity index (χ4v) is 3.92. The van der Waals surface area contributed by atoms with Crippen LogP contribution >= 0.6 is 0 Å². The molecule has 4 atom stereocenters. The normalized spacial score (nSPS) is 29.3. The summed E-state index contributed by atoms with van der Waals surface area (Å²) in [4.78, 5) is 37.0. The van der Waals surface area contributed by atoms with E-state index in [0.29, 0.717) is 12.2 Å². The van der Waals surface area contributed by atoms with Crippen LogP contribution in [0.5, 0.6) is 11.5 Å². The molecule has 1 saturated carbocycles. The third kappa shape index (κ3) is 3.58. The molecule has 0 saturated heterocycles. The lowest BCUT2D eigenvalue weighted by Gasteiger charge is -2.44. The summed E-state index contributed by atoms with van der Waals surface area (Å²) >= 11 is 0. The van der Waals surface area contributed by atoms with Gasteiger partial charge in [-0.3, -0.25) is 14.4 Å². The maximum atomic E-state index is 12.5. The van der Waals surface area contributed by atoms with Crippen LogP contribution in [0, 0.1) is 11.8 Å². The van der Waals surface area contributed by atoms with E-state index in [2.05, 4.69) is 0 Å². The van der Waals surface area contributed by atoms with Gasteiger partial charge in [0.2, 0.25) is 0 Å². The number of benzene rings is 1. The van der Waals surface area contributed by atoms with Crippen molar-refractivity contribution in [1.29, 1.82) is 0 Å². The highest BCUT2D eigenvalue weighted by molar-refractivity contribution is 6.05. The third-order valence-electron chi connectivity index (χ3n) is 4.81. The van der Waals surface area contributed by atoms with Crippen molar-refractivity contribution in [2.45, 2.75) is 45.6 Å². The summed E-state index contributed by atoms with van der Waals surface area (Å²) in [6.07, 6.45) is -0.242. The summed E-state index contributed by atoms with van der Waals surface area (Å²) in [5, 5.41) is 20.6. The van der Waals surface area contributed by atoms with Crippen molar-refractivity contribution in [2.75, 3.05) is 6.61 Å². The molecule has 0 amide bonds. The molecule has 2 N–H and O–H groups in total. The monoisotopic (exact) mass is 348 g/mol. The molecule has 0 unspecified atom stereocenters. The molecular formula is C19H24O6. The molecule has 0 aliphatic heterocycles. The van der Waals surface area contributed by atoms with Crippen LogP contribution in [-0.2, 0) is 14.4 Å². The Morgan fingerprint density at radius 3 is 2.44 bits per heavy atom. The summed E-state index contributed by atoms with van der Waals surface area (Å²) in [7, 11) is 0. The summed E-state index contributed by atoms with van der Waals surface area (Å²) in [5.74, 6) is -3.59. The molecule has 1 aliphatic carbocycles. The van der Waals surface area contributed by atoms with Crippen molar-refractivity contribution in [3.63, 3.8) is 0 Å². The van der Waals surface area contributed by atoms with Gasteiger partial charge in [-0.05, 0) is 45.4 Å². The zero-order valence-electron chi connectivity index (χ0n) is 14.9. The predicted octanol–water partition coefficient (Wildman–Crippen LogP) is 2.01. The van der Waals surface area contributed by atoms with Gasteiger partial charge in [0.25, 0.3) is 0 Å². The molecule has 1 fully saturated rings. The van der Waals surface area contributed by atoms with Crippen molar-refractivity contribution < 1.29 is 29.3 Å². The number of aromatic hydroxyl groups is 1. The number of phenols is 1. The molecule has 1 aliphatic rings. The van der Waals surface area contributed by atoms with Crippen molar-refractivity contribution in [3.05, 3.63) is 23.8 Å². The predicted molar refractivity (Wildman–Crippen MR) is 90.6 cm³/mol. The minimum Gasteiger partial charge on any atom is -0.504 e. The molecule has 0 radical (unpaired) electrons. The zero-order valence-corrected chi connectivity index (χ0v) is 14.9. The van der Waals surface area contributed by atoms with Gasteiger partial charge in [0, 0.05) is 12.3 Å². The van der Waals surface area contributed by atoms with E-state index in [0.717, 1.165) is 0 Å². The van der Waals surface area contributed by atoms with E-state index >= 15 is 0 Å². The van der Waals surface area contributed by atoms with Gasteiger partial charge in [-0.15, -0.1) is 0 Å². The summed E-state index contributed by atoms with van der Waals surface area (Å²) in [6, 6.07) is 4.50. The van der Waals surface area contributed by atoms with Gasteiger partial charge in [-0.2, -0.15) is 0 Å². The van der Waals surface area contributed by atoms with Gasteiger partial charge in [0.05, 0.1) is 24.0 Å². The molecule has 2 rings (SSSR count). The van der Waals surface area contributed by atoms with Crippen LogP contribution < -0.4 is 4.74 Å². The Morgan fingerprint density at radius 1 is 1.28 bits per heavy atom. The summed E-state index contributed by atoms with van der Waals surface area (Å²) < 4.78 is 5.37. The Balaban J connectivity index is 2.64. The van der Waals surface area contributed by atoms with Crippen LogP contribution in [0.3, 0.4) is 0 Å². The Bertz CT molecular complexity index is 706. The highest BCUT2D eigenvalue weighted by Gasteiger charge is 2.53. The average molecular weight is 348 g/mol. The lowest BCUT2D eigenvalue weighted by atomic mass is 9.60. The molecule has 0 aromatic heterocycles. The quantitative estimate of drug-likeness (QED) is 0.790. The minimum atomic E-state index is -1.54. The fourth-order valence-electron chi connectivity index (χ4n) is 3.92. The number of carbonyl (C=O) groups is 3. The van der Waals surface area contributed by atoms with E-state index in [9.17, 15) is 24.6 Å². The average Bonchev–Trinajstić information content (AvgIpc) is 2.46. The highest BCUT2D eigenvalue weighted by atomic mass is 16.5. The number of phenolic OH excluding ortho intramolecular Hbond substituents is 1. The minimum absolute atomic E-state index is 0.0711. The topological polar surface area (TPSA) is 101 Å². The van der Waals surface area contributed by atoms with Gasteiger partial charge in [-0.1, -0.05) is 6.07 Å². The number of ketones is 3. The summed E-state index contributed by atoms with van der Waals surface area (Å²) in [5.41, 5.74) is -1.03. The van der Waals surface area contributed by atoms with E-state index in [1.807, 2.05) is 0 Å². The second kappa shape index (κ2) is 6.96. The fraction of sp³-hybridized carbons (Fsp3) is 0.526. The zero-order chi connectivity index (χ0) is 18.9. The lowest BCUT2D eigenvalue weighted by Crippen LogP contribution is -2.53. The molecule has 1 aromatic rings. The first-order valence-corrected chi connectivity index (χ1v) is 8.31. The number of rotatable bonds is 5. The smallest absolute Gasteiger partial charge is 0.161 e. The Labute approximate surface area is 146 Å². The molecule has 6 heteroatoms. The van der Waals surface area contributed by atoms with Gasteiger partial charge in [-0.25, -0.2) is 0 Å². The molecule has 0 bridgehead atoms. The van der Waals surface area contributed by atoms with E-state index in [4.69, 9.17) is 4.74 Å². The van der Waals surface area contributed by atoms with Crippen LogP contribution in [0.2, 0.25) is 0 Å². The standard InChI is InChI=1S/C19H24O6/c1-5-25-15-8-12(6-7-13(15)22)17-16(10(2)20)14(23)9-19(4,24)18(17)11(3)21/h6-8,16-18,22,24H,5,9H2,1-4H3/t16-,17-,18+,19-/m1/s1. The first-order valence-electron chi connectivity index (χ1n) is 8.31. The van der Waals surface area contributed by atoms with Crippen LogP contribution in [-0.4, -0.2) is 39.8 Å². The van der Waals surface area contributed by atoms with Crippen molar-refractivity contribution >= 4 is 17.3 Å². The number of hydrogen-bond donors (Lipinski definition) is 2. The number of ether oxygens (including phenoxy) is 1. The Kier molecular flexibility index (Phi) is 5.32. The number of aliphatic hydroxyl groups is 1. The highest BCUT2D eigenvalue weighted by Crippen LogP contribution is 2.47. The molecule has 1 aromatic carbocycles. The molecule has 25 heavy (non-hydrogen) atoms. The molecular weight excluding hydrogens is 324 g/mol. The van der Waals surface area contributed by atoms with E-state index in [1.54, 1.807) is 13.0 Å². The van der Waals surface area contributed by atoms with Crippen molar-refractivity contribution in [2.24, 2.45) is 11.8 Å². The Morgan fingerprint density at radius 2 is 1.92 bits per heavy atom. The Hall–Kier alpha value is -2.21. The SMILES string of the molecule is CCOc1cc([C@@H]2[C@H](C(C)=O)C(=O)C[C@@](C)(O)[C@H]2C(C)=O)ccc1O. The van der Waals surface area contributed by atoms with E-state index in [1.165, 1.54) is 32.9 Å². The van der Waals surface area contributed by atoms with Crippen LogP contribution in [0.15, 0.2) is 18.2 Å². The van der Waals surface area contributed by atoms with Gasteiger partial charge >= 0.3 is 0 Å². The van der Waals surface area contributed by atoms with Crippen LogP contribution in [0.1, 0.15) is 45.6 Å². The third-order valence-corrected chi connectivity index (χ3v) is 4.81. The van der Waals surface area contributed by atoms with Gasteiger partial charge in [0.1, 0.15) is 17.3 Å². The van der Waals surface area contributed by atoms with Gasteiger partial charge < -0.3 is 14.9 Å². The number of carbonyl (C=O) groups excluding carboxylic acids is 3. The number of hydrogen-bond acceptors (Lipinski definition) is 6. The lowest BCUT2D eigenvalue weighted by molar-refractivity contribution is -0.151. The molecule has 6 nitrogen and oxygen atoms in total. The van der Waals surface area contributed by atoms with E-state index in [-0.39, 0.29) is 35.3 Å². The molecule has 0 spiro atoms.